The molecule has 15 heavy (non-hydrogen) atoms. The molecule has 1 aromatic carbocycles. The molecule has 0 amide bonds. The number of hydrogen-bond donors (Lipinski definition) is 1. The van der Waals surface area contributed by atoms with Gasteiger partial charge in [-0.05, 0) is 24.8 Å². The largest absolute Gasteiger partial charge is 0.397 e. The minimum absolute atomic E-state index is 0.250. The molecule has 0 aliphatic carbocycles. The summed E-state index contributed by atoms with van der Waals surface area (Å²) in [5.41, 5.74) is 1.45. The number of aliphatic hydroxyl groups excluding tert-OH is 1. The Morgan fingerprint density at radius 2 is 1.60 bits per heavy atom. The molecule has 0 spiro atoms. The monoisotopic (exact) mass is 210 g/mol. The summed E-state index contributed by atoms with van der Waals surface area (Å²) >= 11 is 0. The molecule has 0 bridgehead atoms. The van der Waals surface area contributed by atoms with Gasteiger partial charge in [0.15, 0.2) is 0 Å². The molecule has 1 rings (SSSR count). The van der Waals surface area contributed by atoms with Crippen LogP contribution >= 0.6 is 0 Å². The van der Waals surface area contributed by atoms with E-state index in [-0.39, 0.29) is 6.61 Å². The molecule has 0 radical (unpaired) electrons. The van der Waals surface area contributed by atoms with Gasteiger partial charge in [-0.25, -0.2) is 0 Å². The molecular weight excluding hydrogens is 188 g/mol. The Morgan fingerprint density at radius 1 is 1.20 bits per heavy atom. The number of benzene rings is 1. The molecule has 0 heterocycles. The van der Waals surface area contributed by atoms with Crippen molar-refractivity contribution in [2.75, 3.05) is 6.61 Å². The quantitative estimate of drug-likeness (QED) is 0.814. The maximum atomic E-state index is 8.00. The Kier molecular flexibility index (Phi) is 14.0. The van der Waals surface area contributed by atoms with Gasteiger partial charge in [0.2, 0.25) is 0 Å². The minimum Gasteiger partial charge on any atom is -0.397 e. The number of aliphatic hydroxyl groups is 1. The van der Waals surface area contributed by atoms with E-state index >= 15 is 0 Å². The summed E-state index contributed by atoms with van der Waals surface area (Å²) < 4.78 is 0. The van der Waals surface area contributed by atoms with Crippen LogP contribution in [0.3, 0.4) is 0 Å². The fourth-order valence-electron chi connectivity index (χ4n) is 1.02. The highest BCUT2D eigenvalue weighted by Gasteiger charge is 1.98. The number of rotatable bonds is 2. The van der Waals surface area contributed by atoms with E-state index in [9.17, 15) is 0 Å². The van der Waals surface area contributed by atoms with Crippen LogP contribution in [-0.4, -0.2) is 18.5 Å². The minimum atomic E-state index is 0.250. The van der Waals surface area contributed by atoms with Gasteiger partial charge in [0, 0.05) is 6.61 Å². The molecule has 1 unspecified atom stereocenters. The Labute approximate surface area is 93.0 Å². The van der Waals surface area contributed by atoms with Crippen LogP contribution in [0.1, 0.15) is 38.7 Å². The van der Waals surface area contributed by atoms with Gasteiger partial charge >= 0.3 is 0 Å². The van der Waals surface area contributed by atoms with Gasteiger partial charge in [-0.3, -0.25) is 0 Å². The predicted octanol–water partition coefficient (Wildman–Crippen LogP) is 3.01. The lowest BCUT2D eigenvalue weighted by Crippen LogP contribution is -1.88. The molecule has 0 aliphatic heterocycles. The summed E-state index contributed by atoms with van der Waals surface area (Å²) in [5.74, 6) is 0.709. The molecule has 1 N–H and O–H groups in total. The van der Waals surface area contributed by atoms with E-state index in [1.165, 1.54) is 12.0 Å². The van der Waals surface area contributed by atoms with Gasteiger partial charge in [0.1, 0.15) is 6.79 Å². The van der Waals surface area contributed by atoms with Crippen molar-refractivity contribution in [3.05, 3.63) is 35.9 Å². The van der Waals surface area contributed by atoms with Gasteiger partial charge in [-0.1, -0.05) is 44.2 Å². The van der Waals surface area contributed by atoms with Crippen LogP contribution in [0.4, 0.5) is 0 Å². The highest BCUT2D eigenvalue weighted by Crippen LogP contribution is 2.16. The summed E-state index contributed by atoms with van der Waals surface area (Å²) in [6.45, 7) is 8.41. The first kappa shape index (κ1) is 16.3. The SMILES string of the molecule is C=O.CCC(C)c1ccccc1.CCO. The summed E-state index contributed by atoms with van der Waals surface area (Å²) in [6, 6.07) is 10.6. The van der Waals surface area contributed by atoms with Crippen molar-refractivity contribution in [2.45, 2.75) is 33.1 Å². The van der Waals surface area contributed by atoms with E-state index in [1.54, 1.807) is 6.92 Å². The third-order valence-electron chi connectivity index (χ3n) is 1.98. The van der Waals surface area contributed by atoms with Gasteiger partial charge in [-0.2, -0.15) is 0 Å². The lowest BCUT2D eigenvalue weighted by atomic mass is 9.99. The first-order valence-electron chi connectivity index (χ1n) is 5.20. The Balaban J connectivity index is 0. The Bertz CT molecular complexity index is 209. The lowest BCUT2D eigenvalue weighted by molar-refractivity contribution is -0.0979. The van der Waals surface area contributed by atoms with Crippen molar-refractivity contribution in [3.8, 4) is 0 Å². The van der Waals surface area contributed by atoms with Gasteiger partial charge in [-0.15, -0.1) is 0 Å². The highest BCUT2D eigenvalue weighted by molar-refractivity contribution is 5.18. The summed E-state index contributed by atoms with van der Waals surface area (Å²) in [5, 5.41) is 7.57. The van der Waals surface area contributed by atoms with E-state index < -0.39 is 0 Å². The second-order valence-corrected chi connectivity index (χ2v) is 3.04. The predicted molar refractivity (Wildman–Crippen MR) is 65.0 cm³/mol. The van der Waals surface area contributed by atoms with E-state index in [1.807, 2.05) is 6.79 Å². The van der Waals surface area contributed by atoms with Gasteiger partial charge < -0.3 is 9.90 Å². The average Bonchev–Trinajstić information content (AvgIpc) is 2.33. The topological polar surface area (TPSA) is 37.3 Å². The molecule has 0 saturated carbocycles. The maximum Gasteiger partial charge on any atom is 0.106 e. The third-order valence-corrected chi connectivity index (χ3v) is 1.98. The first-order valence-corrected chi connectivity index (χ1v) is 5.20. The maximum absolute atomic E-state index is 8.00. The van der Waals surface area contributed by atoms with Crippen LogP contribution in [0, 0.1) is 0 Å². The van der Waals surface area contributed by atoms with Crippen LogP contribution in [0.2, 0.25) is 0 Å². The zero-order chi connectivity index (χ0) is 12.1. The molecule has 1 atom stereocenters. The van der Waals surface area contributed by atoms with Crippen LogP contribution in [-0.2, 0) is 4.79 Å². The molecule has 0 aliphatic rings. The number of carbonyl (C=O) groups excluding carboxylic acids is 1. The van der Waals surface area contributed by atoms with Crippen LogP contribution in [0.5, 0.6) is 0 Å². The fourth-order valence-corrected chi connectivity index (χ4v) is 1.02. The van der Waals surface area contributed by atoms with Crippen molar-refractivity contribution in [1.29, 1.82) is 0 Å². The van der Waals surface area contributed by atoms with Gasteiger partial charge in [0.05, 0.1) is 0 Å². The van der Waals surface area contributed by atoms with E-state index in [4.69, 9.17) is 9.90 Å². The smallest absolute Gasteiger partial charge is 0.106 e. The number of carbonyl (C=O) groups is 1. The summed E-state index contributed by atoms with van der Waals surface area (Å²) in [6.07, 6.45) is 1.23. The number of hydrogen-bond acceptors (Lipinski definition) is 2. The standard InChI is InChI=1S/C10H14.C2H6O.CH2O/c1-3-9(2)10-7-5-4-6-8-10;1-2-3;1-2/h4-9H,3H2,1-2H3;3H,2H2,1H3;1H2. The van der Waals surface area contributed by atoms with Crippen molar-refractivity contribution >= 4 is 6.79 Å². The van der Waals surface area contributed by atoms with Crippen LogP contribution < -0.4 is 0 Å². The Hall–Kier alpha value is -1.15. The van der Waals surface area contributed by atoms with Crippen LogP contribution in [0.15, 0.2) is 30.3 Å². The molecule has 86 valence electrons. The molecule has 2 heteroatoms. The zero-order valence-corrected chi connectivity index (χ0v) is 9.94. The second-order valence-electron chi connectivity index (χ2n) is 3.04. The highest BCUT2D eigenvalue weighted by atomic mass is 16.2. The normalized spacial score (nSPS) is 10.1. The summed E-state index contributed by atoms with van der Waals surface area (Å²) in [4.78, 5) is 8.00. The van der Waals surface area contributed by atoms with E-state index in [0.717, 1.165) is 0 Å². The zero-order valence-electron chi connectivity index (χ0n) is 9.94. The molecular formula is C13H22O2. The Morgan fingerprint density at radius 3 is 1.93 bits per heavy atom. The second kappa shape index (κ2) is 12.8. The van der Waals surface area contributed by atoms with Crippen molar-refractivity contribution in [2.24, 2.45) is 0 Å². The van der Waals surface area contributed by atoms with Crippen molar-refractivity contribution in [1.82, 2.24) is 0 Å². The summed E-state index contributed by atoms with van der Waals surface area (Å²) in [7, 11) is 0. The molecule has 1 aromatic rings. The molecule has 0 saturated heterocycles. The first-order chi connectivity index (χ1) is 7.26. The van der Waals surface area contributed by atoms with Crippen molar-refractivity contribution in [3.63, 3.8) is 0 Å². The molecule has 0 aromatic heterocycles. The van der Waals surface area contributed by atoms with E-state index in [0.29, 0.717) is 5.92 Å². The van der Waals surface area contributed by atoms with Gasteiger partial charge in [0.25, 0.3) is 0 Å². The third kappa shape index (κ3) is 9.16. The fraction of sp³-hybridized carbons (Fsp3) is 0.462. The molecule has 0 fully saturated rings. The average molecular weight is 210 g/mol. The van der Waals surface area contributed by atoms with Crippen molar-refractivity contribution < 1.29 is 9.90 Å². The van der Waals surface area contributed by atoms with Crippen LogP contribution in [0.25, 0.3) is 0 Å². The lowest BCUT2D eigenvalue weighted by Gasteiger charge is -2.06. The molecule has 2 nitrogen and oxygen atoms in total. The van der Waals surface area contributed by atoms with E-state index in [2.05, 4.69) is 44.2 Å².